The fourth-order valence-electron chi connectivity index (χ4n) is 3.33. The van der Waals surface area contributed by atoms with Crippen molar-refractivity contribution >= 4 is 12.0 Å². The average Bonchev–Trinajstić information content (AvgIpc) is 2.66. The molecule has 28 heavy (non-hydrogen) atoms. The lowest BCUT2D eigenvalue weighted by atomic mass is 9.88. The van der Waals surface area contributed by atoms with E-state index >= 15 is 0 Å². The summed E-state index contributed by atoms with van der Waals surface area (Å²) in [6.07, 6.45) is -3.88. The van der Waals surface area contributed by atoms with E-state index in [9.17, 15) is 22.8 Å². The highest BCUT2D eigenvalue weighted by Crippen LogP contribution is 2.37. The zero-order chi connectivity index (χ0) is 20.5. The van der Waals surface area contributed by atoms with Gasteiger partial charge in [-0.1, -0.05) is 36.4 Å². The second kappa shape index (κ2) is 7.53. The smallest absolute Gasteiger partial charge is 0.416 e. The van der Waals surface area contributed by atoms with Crippen molar-refractivity contribution in [1.82, 2.24) is 10.2 Å². The quantitative estimate of drug-likeness (QED) is 0.834. The zero-order valence-electron chi connectivity index (χ0n) is 15.0. The Bertz CT molecular complexity index is 881. The number of hydrogen-bond donors (Lipinski definition) is 2. The lowest BCUT2D eigenvalue weighted by Gasteiger charge is -2.38. The molecule has 5 nitrogen and oxygen atoms in total. The molecule has 0 fully saturated rings. The first kappa shape index (κ1) is 19.7. The Labute approximate surface area is 159 Å². The van der Waals surface area contributed by atoms with Gasteiger partial charge in [-0.2, -0.15) is 13.2 Å². The first-order valence-electron chi connectivity index (χ1n) is 8.73. The van der Waals surface area contributed by atoms with Gasteiger partial charge in [-0.25, -0.2) is 4.79 Å². The Hall–Kier alpha value is -3.03. The molecular formula is C20H19F3N2O3. The lowest BCUT2D eigenvalue weighted by Crippen LogP contribution is -2.50. The van der Waals surface area contributed by atoms with Gasteiger partial charge >= 0.3 is 18.2 Å². The summed E-state index contributed by atoms with van der Waals surface area (Å²) in [7, 11) is 0. The predicted octanol–water partition coefficient (Wildman–Crippen LogP) is 3.84. The molecule has 1 aliphatic rings. The number of carboxylic acid groups (broad SMARTS) is 1. The Morgan fingerprint density at radius 1 is 1.14 bits per heavy atom. The number of fused-ring (bicyclic) bond motifs is 1. The van der Waals surface area contributed by atoms with Crippen molar-refractivity contribution in [3.63, 3.8) is 0 Å². The van der Waals surface area contributed by atoms with Crippen LogP contribution in [0.1, 0.15) is 35.2 Å². The summed E-state index contributed by atoms with van der Waals surface area (Å²) in [5.41, 5.74) is 1.57. The summed E-state index contributed by atoms with van der Waals surface area (Å²) in [6, 6.07) is 9.85. The van der Waals surface area contributed by atoms with Gasteiger partial charge in [0.2, 0.25) is 0 Å². The molecule has 0 radical (unpaired) electrons. The molecule has 0 spiro atoms. The number of hydrogen-bond acceptors (Lipinski definition) is 2. The van der Waals surface area contributed by atoms with E-state index in [1.807, 2.05) is 18.2 Å². The van der Waals surface area contributed by atoms with E-state index in [4.69, 9.17) is 5.11 Å². The Morgan fingerprint density at radius 2 is 1.79 bits per heavy atom. The number of rotatable bonds is 3. The molecule has 2 amide bonds. The summed E-state index contributed by atoms with van der Waals surface area (Å²) in [5, 5.41) is 11.5. The molecule has 2 aromatic rings. The molecular weight excluding hydrogens is 373 g/mol. The Kier molecular flexibility index (Phi) is 5.31. The minimum atomic E-state index is -4.45. The SMILES string of the molecule is C[C@@H](NC(=O)N1CCc2ccccc2C1c1ccc(C(F)(F)F)cc1)C(=O)O. The number of amides is 2. The molecule has 2 aromatic carbocycles. The van der Waals surface area contributed by atoms with Crippen LogP contribution in [0.15, 0.2) is 48.5 Å². The Morgan fingerprint density at radius 3 is 2.39 bits per heavy atom. The highest BCUT2D eigenvalue weighted by Gasteiger charge is 2.34. The lowest BCUT2D eigenvalue weighted by molar-refractivity contribution is -0.139. The summed E-state index contributed by atoms with van der Waals surface area (Å²) >= 11 is 0. The number of nitrogens with one attached hydrogen (secondary N) is 1. The van der Waals surface area contributed by atoms with Crippen LogP contribution in [0.25, 0.3) is 0 Å². The third-order valence-electron chi connectivity index (χ3n) is 4.81. The van der Waals surface area contributed by atoms with Gasteiger partial charge in [0.1, 0.15) is 6.04 Å². The number of nitrogens with zero attached hydrogens (tertiary/aromatic N) is 1. The van der Waals surface area contributed by atoms with Crippen molar-refractivity contribution in [2.45, 2.75) is 31.6 Å². The molecule has 0 saturated heterocycles. The molecule has 0 aliphatic carbocycles. The molecule has 0 saturated carbocycles. The van der Waals surface area contributed by atoms with Gasteiger partial charge < -0.3 is 15.3 Å². The van der Waals surface area contributed by atoms with Gasteiger partial charge in [-0.05, 0) is 42.2 Å². The van der Waals surface area contributed by atoms with E-state index in [0.29, 0.717) is 18.5 Å². The fourth-order valence-corrected chi connectivity index (χ4v) is 3.33. The fraction of sp³-hybridized carbons (Fsp3) is 0.300. The molecule has 8 heteroatoms. The van der Waals surface area contributed by atoms with E-state index in [0.717, 1.165) is 23.3 Å². The van der Waals surface area contributed by atoms with Gasteiger partial charge in [0.25, 0.3) is 0 Å². The van der Waals surface area contributed by atoms with Crippen molar-refractivity contribution in [2.24, 2.45) is 0 Å². The highest BCUT2D eigenvalue weighted by molar-refractivity contribution is 5.83. The van der Waals surface area contributed by atoms with Crippen LogP contribution in [-0.2, 0) is 17.4 Å². The number of benzene rings is 2. The van der Waals surface area contributed by atoms with Crippen LogP contribution in [0, 0.1) is 0 Å². The molecule has 1 heterocycles. The summed E-state index contributed by atoms with van der Waals surface area (Å²) in [4.78, 5) is 25.2. The number of halogens is 3. The number of carbonyl (C=O) groups excluding carboxylic acids is 1. The minimum absolute atomic E-state index is 0.320. The molecule has 1 unspecified atom stereocenters. The van der Waals surface area contributed by atoms with Crippen molar-refractivity contribution in [3.8, 4) is 0 Å². The van der Waals surface area contributed by atoms with Gasteiger partial charge in [0.05, 0.1) is 11.6 Å². The molecule has 148 valence electrons. The average molecular weight is 392 g/mol. The number of carboxylic acids is 1. The van der Waals surface area contributed by atoms with Crippen LogP contribution in [0.5, 0.6) is 0 Å². The second-order valence-electron chi connectivity index (χ2n) is 6.67. The van der Waals surface area contributed by atoms with Crippen LogP contribution in [0.2, 0.25) is 0 Å². The summed E-state index contributed by atoms with van der Waals surface area (Å²) < 4.78 is 38.7. The molecule has 1 aliphatic heterocycles. The van der Waals surface area contributed by atoms with Crippen LogP contribution in [0.3, 0.4) is 0 Å². The van der Waals surface area contributed by atoms with Crippen molar-refractivity contribution in [2.75, 3.05) is 6.54 Å². The van der Waals surface area contributed by atoms with E-state index < -0.39 is 35.8 Å². The van der Waals surface area contributed by atoms with E-state index in [-0.39, 0.29) is 0 Å². The van der Waals surface area contributed by atoms with Gasteiger partial charge in [-0.3, -0.25) is 4.79 Å². The molecule has 0 bridgehead atoms. The number of alkyl halides is 3. The first-order valence-corrected chi connectivity index (χ1v) is 8.73. The van der Waals surface area contributed by atoms with Crippen molar-refractivity contribution in [1.29, 1.82) is 0 Å². The summed E-state index contributed by atoms with van der Waals surface area (Å²) in [6.45, 7) is 1.67. The predicted molar refractivity (Wildman–Crippen MR) is 95.8 cm³/mol. The standard InChI is InChI=1S/C20H19F3N2O3/c1-12(18(26)27)24-19(28)25-11-10-13-4-2-3-5-16(13)17(25)14-6-8-15(9-7-14)20(21,22)23/h2-9,12,17H,10-11H2,1H3,(H,24,28)(H,26,27)/t12-,17?/m1/s1. The van der Waals surface area contributed by atoms with Gasteiger partial charge in [0.15, 0.2) is 0 Å². The topological polar surface area (TPSA) is 69.6 Å². The highest BCUT2D eigenvalue weighted by atomic mass is 19.4. The molecule has 2 atom stereocenters. The normalized spacial score (nSPS) is 17.6. The van der Waals surface area contributed by atoms with Crippen LogP contribution >= 0.6 is 0 Å². The minimum Gasteiger partial charge on any atom is -0.480 e. The van der Waals surface area contributed by atoms with Crippen LogP contribution < -0.4 is 5.32 Å². The maximum Gasteiger partial charge on any atom is 0.416 e. The largest absolute Gasteiger partial charge is 0.480 e. The van der Waals surface area contributed by atoms with Crippen molar-refractivity contribution < 1.29 is 27.9 Å². The molecule has 0 aromatic heterocycles. The maximum atomic E-state index is 12.9. The maximum absolute atomic E-state index is 12.9. The second-order valence-corrected chi connectivity index (χ2v) is 6.67. The zero-order valence-corrected chi connectivity index (χ0v) is 15.0. The van der Waals surface area contributed by atoms with E-state index in [1.165, 1.54) is 24.0 Å². The summed E-state index contributed by atoms with van der Waals surface area (Å²) in [5.74, 6) is -1.17. The number of urea groups is 1. The third kappa shape index (κ3) is 3.95. The van der Waals surface area contributed by atoms with Crippen LogP contribution in [-0.4, -0.2) is 34.6 Å². The first-order chi connectivity index (χ1) is 13.2. The third-order valence-corrected chi connectivity index (χ3v) is 4.81. The van der Waals surface area contributed by atoms with Gasteiger partial charge in [-0.15, -0.1) is 0 Å². The monoisotopic (exact) mass is 392 g/mol. The molecule has 2 N–H and O–H groups in total. The van der Waals surface area contributed by atoms with Gasteiger partial charge in [0, 0.05) is 6.54 Å². The number of aliphatic carboxylic acids is 1. The number of carbonyl (C=O) groups is 2. The van der Waals surface area contributed by atoms with Crippen molar-refractivity contribution in [3.05, 3.63) is 70.8 Å². The van der Waals surface area contributed by atoms with E-state index in [1.54, 1.807) is 6.07 Å². The van der Waals surface area contributed by atoms with E-state index in [2.05, 4.69) is 5.32 Å². The molecule has 3 rings (SSSR count). The van der Waals surface area contributed by atoms with Crippen LogP contribution in [0.4, 0.5) is 18.0 Å². The Balaban J connectivity index is 1.99.